The molecule has 0 bridgehead atoms. The van der Waals surface area contributed by atoms with Crippen molar-refractivity contribution in [3.05, 3.63) is 30.7 Å². The zero-order valence-electron chi connectivity index (χ0n) is 16.8. The molecule has 1 aliphatic heterocycles. The number of rotatable bonds is 5. The van der Waals surface area contributed by atoms with Gasteiger partial charge in [0.2, 0.25) is 11.8 Å². The van der Waals surface area contributed by atoms with Crippen molar-refractivity contribution in [1.82, 2.24) is 33.9 Å². The number of nitrogen functional groups attached to an aromatic ring is 1. The molecule has 0 unspecified atom stereocenters. The van der Waals surface area contributed by atoms with Crippen molar-refractivity contribution >= 4 is 22.6 Å². The maximum atomic E-state index is 6.19. The molecule has 9 nitrogen and oxygen atoms in total. The fraction of sp³-hybridized carbons (Fsp3) is 0.450. The van der Waals surface area contributed by atoms with Gasteiger partial charge in [0.15, 0.2) is 11.4 Å². The summed E-state index contributed by atoms with van der Waals surface area (Å²) < 4.78 is 9.15. The summed E-state index contributed by atoms with van der Waals surface area (Å²) in [6.45, 7) is 10.9. The van der Waals surface area contributed by atoms with E-state index in [9.17, 15) is 0 Å². The highest BCUT2D eigenvalue weighted by molar-refractivity contribution is 5.91. The predicted molar refractivity (Wildman–Crippen MR) is 112 cm³/mol. The average molecular weight is 394 g/mol. The van der Waals surface area contributed by atoms with Crippen molar-refractivity contribution in [2.24, 2.45) is 0 Å². The summed E-state index contributed by atoms with van der Waals surface area (Å²) in [6.07, 6.45) is 3.67. The second kappa shape index (κ2) is 7.16. The Balaban J connectivity index is 1.38. The minimum absolute atomic E-state index is 0.323. The highest BCUT2D eigenvalue weighted by Crippen LogP contribution is 2.24. The standard InChI is InChI=1S/C20H26N8O/c1-14(2)26-10-7-25(8-11-26)9-12-27-6-5-15-18(27)23-20(21)28-19(15)22-17(24-28)16-4-3-13-29-16/h3-6,13-14H,7-12H2,1-2H3,(H2,21,23). The molecule has 1 saturated heterocycles. The number of hydrogen-bond acceptors (Lipinski definition) is 7. The highest BCUT2D eigenvalue weighted by Gasteiger charge is 2.20. The van der Waals surface area contributed by atoms with Crippen LogP contribution in [0, 0.1) is 0 Å². The Labute approximate surface area is 168 Å². The molecule has 2 N–H and O–H groups in total. The molecule has 0 spiro atoms. The minimum Gasteiger partial charge on any atom is -0.461 e. The summed E-state index contributed by atoms with van der Waals surface area (Å²) >= 11 is 0. The van der Waals surface area contributed by atoms with E-state index >= 15 is 0 Å². The van der Waals surface area contributed by atoms with Gasteiger partial charge in [0.25, 0.3) is 0 Å². The number of furan rings is 1. The smallest absolute Gasteiger partial charge is 0.225 e. The topological polar surface area (TPSA) is 93.7 Å². The van der Waals surface area contributed by atoms with Gasteiger partial charge in [0.1, 0.15) is 5.65 Å². The van der Waals surface area contributed by atoms with E-state index in [1.807, 2.05) is 18.2 Å². The van der Waals surface area contributed by atoms with E-state index in [0.717, 1.165) is 50.3 Å². The largest absolute Gasteiger partial charge is 0.461 e. The van der Waals surface area contributed by atoms with Crippen LogP contribution in [-0.2, 0) is 6.54 Å². The Bertz CT molecular complexity index is 1120. The fourth-order valence-corrected chi connectivity index (χ4v) is 4.01. The van der Waals surface area contributed by atoms with E-state index in [2.05, 4.69) is 49.5 Å². The monoisotopic (exact) mass is 394 g/mol. The highest BCUT2D eigenvalue weighted by atomic mass is 16.3. The Morgan fingerprint density at radius 2 is 1.90 bits per heavy atom. The van der Waals surface area contributed by atoms with Crippen LogP contribution in [0.1, 0.15) is 13.8 Å². The minimum atomic E-state index is 0.323. The molecule has 4 aromatic rings. The first kappa shape index (κ1) is 18.1. The van der Waals surface area contributed by atoms with Gasteiger partial charge in [-0.1, -0.05) is 0 Å². The zero-order valence-corrected chi connectivity index (χ0v) is 16.8. The van der Waals surface area contributed by atoms with Crippen LogP contribution in [0.2, 0.25) is 0 Å². The average Bonchev–Trinajstić information content (AvgIpc) is 3.45. The summed E-state index contributed by atoms with van der Waals surface area (Å²) in [4.78, 5) is 14.3. The molecule has 0 atom stereocenters. The Kier molecular flexibility index (Phi) is 4.48. The number of nitrogens with two attached hydrogens (primary N) is 1. The normalized spacial score (nSPS) is 16.5. The molecule has 0 amide bonds. The molecule has 152 valence electrons. The van der Waals surface area contributed by atoms with Gasteiger partial charge in [-0.05, 0) is 32.0 Å². The molecule has 0 aliphatic carbocycles. The van der Waals surface area contributed by atoms with Gasteiger partial charge < -0.3 is 14.7 Å². The van der Waals surface area contributed by atoms with Crippen molar-refractivity contribution in [2.45, 2.75) is 26.4 Å². The van der Waals surface area contributed by atoms with Gasteiger partial charge in [-0.3, -0.25) is 9.80 Å². The molecule has 4 aromatic heterocycles. The van der Waals surface area contributed by atoms with E-state index < -0.39 is 0 Å². The summed E-state index contributed by atoms with van der Waals surface area (Å²) in [6, 6.07) is 6.30. The molecule has 0 radical (unpaired) electrons. The lowest BCUT2D eigenvalue weighted by Crippen LogP contribution is -2.49. The van der Waals surface area contributed by atoms with Crippen LogP contribution in [0.15, 0.2) is 35.1 Å². The molecule has 1 aliphatic rings. The van der Waals surface area contributed by atoms with Crippen molar-refractivity contribution in [3.63, 3.8) is 0 Å². The van der Waals surface area contributed by atoms with Crippen molar-refractivity contribution < 1.29 is 4.42 Å². The van der Waals surface area contributed by atoms with Gasteiger partial charge in [-0.15, -0.1) is 5.10 Å². The van der Waals surface area contributed by atoms with E-state index in [4.69, 9.17) is 10.2 Å². The Hall–Kier alpha value is -2.91. The molecule has 5 heterocycles. The van der Waals surface area contributed by atoms with Crippen LogP contribution in [0.25, 0.3) is 28.3 Å². The lowest BCUT2D eigenvalue weighted by Gasteiger charge is -2.36. The second-order valence-electron chi connectivity index (χ2n) is 7.84. The summed E-state index contributed by atoms with van der Waals surface area (Å²) in [5.74, 6) is 1.44. The first-order valence-electron chi connectivity index (χ1n) is 10.1. The van der Waals surface area contributed by atoms with Crippen molar-refractivity contribution in [1.29, 1.82) is 0 Å². The first-order chi connectivity index (χ1) is 14.1. The molecule has 0 saturated carbocycles. The van der Waals surface area contributed by atoms with Gasteiger partial charge in [0.05, 0.1) is 11.6 Å². The number of anilines is 1. The predicted octanol–water partition coefficient (Wildman–Crippen LogP) is 1.95. The SMILES string of the molecule is CC(C)N1CCN(CCn2ccc3c2nc(N)n2nc(-c4ccco4)nc32)CC1. The Morgan fingerprint density at radius 3 is 2.62 bits per heavy atom. The molecule has 1 fully saturated rings. The fourth-order valence-electron chi connectivity index (χ4n) is 4.01. The third kappa shape index (κ3) is 3.26. The van der Waals surface area contributed by atoms with E-state index in [-0.39, 0.29) is 0 Å². The van der Waals surface area contributed by atoms with Crippen molar-refractivity contribution in [3.8, 4) is 11.6 Å². The number of aromatic nitrogens is 5. The summed E-state index contributed by atoms with van der Waals surface area (Å²) in [5.41, 5.74) is 7.73. The van der Waals surface area contributed by atoms with Crippen LogP contribution in [0.5, 0.6) is 0 Å². The maximum Gasteiger partial charge on any atom is 0.225 e. The summed E-state index contributed by atoms with van der Waals surface area (Å²) in [5, 5.41) is 5.40. The van der Waals surface area contributed by atoms with Crippen LogP contribution < -0.4 is 5.73 Å². The number of nitrogens with zero attached hydrogens (tertiary/aromatic N) is 7. The number of fused-ring (bicyclic) bond motifs is 3. The molecular formula is C20H26N8O. The number of piperazine rings is 1. The second-order valence-corrected chi connectivity index (χ2v) is 7.84. The maximum absolute atomic E-state index is 6.19. The van der Waals surface area contributed by atoms with Gasteiger partial charge in [-0.25, -0.2) is 4.98 Å². The molecule has 9 heteroatoms. The quantitative estimate of drug-likeness (QED) is 0.553. The molecule has 5 rings (SSSR count). The third-order valence-electron chi connectivity index (χ3n) is 5.76. The van der Waals surface area contributed by atoms with Crippen LogP contribution in [0.4, 0.5) is 5.95 Å². The van der Waals surface area contributed by atoms with Crippen molar-refractivity contribution in [2.75, 3.05) is 38.5 Å². The molecule has 0 aromatic carbocycles. The van der Waals surface area contributed by atoms with Gasteiger partial charge >= 0.3 is 0 Å². The van der Waals surface area contributed by atoms with Gasteiger partial charge in [0, 0.05) is 51.5 Å². The third-order valence-corrected chi connectivity index (χ3v) is 5.76. The lowest BCUT2D eigenvalue weighted by atomic mass is 10.2. The van der Waals surface area contributed by atoms with E-state index in [1.165, 1.54) is 0 Å². The first-order valence-corrected chi connectivity index (χ1v) is 10.1. The lowest BCUT2D eigenvalue weighted by molar-refractivity contribution is 0.106. The molecular weight excluding hydrogens is 368 g/mol. The molecule has 29 heavy (non-hydrogen) atoms. The van der Waals surface area contributed by atoms with Crippen LogP contribution >= 0.6 is 0 Å². The van der Waals surface area contributed by atoms with Gasteiger partial charge in [-0.2, -0.15) is 9.50 Å². The number of hydrogen-bond donors (Lipinski definition) is 1. The Morgan fingerprint density at radius 1 is 1.07 bits per heavy atom. The zero-order chi connectivity index (χ0) is 20.0. The van der Waals surface area contributed by atoms with Crippen LogP contribution in [0.3, 0.4) is 0 Å². The van der Waals surface area contributed by atoms with E-state index in [0.29, 0.717) is 29.2 Å². The van der Waals surface area contributed by atoms with Crippen LogP contribution in [-0.4, -0.2) is 72.7 Å². The van der Waals surface area contributed by atoms with E-state index in [1.54, 1.807) is 10.8 Å². The summed E-state index contributed by atoms with van der Waals surface area (Å²) in [7, 11) is 0.